The zero-order chi connectivity index (χ0) is 22.6. The Bertz CT molecular complexity index is 1190. The lowest BCUT2D eigenvalue weighted by molar-refractivity contribution is -0.133. The molecule has 11 heteroatoms. The molecule has 3 saturated heterocycles. The van der Waals surface area contributed by atoms with E-state index in [1.807, 2.05) is 6.92 Å². The van der Waals surface area contributed by atoms with Crippen molar-refractivity contribution in [2.45, 2.75) is 51.7 Å². The van der Waals surface area contributed by atoms with E-state index in [4.69, 9.17) is 9.84 Å². The number of carbonyl (C=O) groups is 1. The van der Waals surface area contributed by atoms with E-state index in [2.05, 4.69) is 25.2 Å². The number of aromatic nitrogens is 5. The smallest absolute Gasteiger partial charge is 0.303 e. The van der Waals surface area contributed by atoms with Crippen LogP contribution < -0.4 is 10.2 Å². The number of amides is 1. The van der Waals surface area contributed by atoms with Gasteiger partial charge in [0, 0.05) is 57.4 Å². The van der Waals surface area contributed by atoms with Crippen molar-refractivity contribution in [1.82, 2.24) is 24.7 Å². The normalized spacial score (nSPS) is 20.3. The number of alkyl halides is 2. The van der Waals surface area contributed by atoms with Gasteiger partial charge >= 0.3 is 5.92 Å². The Morgan fingerprint density at radius 3 is 2.62 bits per heavy atom. The second-order valence-corrected chi connectivity index (χ2v) is 8.31. The van der Waals surface area contributed by atoms with Gasteiger partial charge in [0.15, 0.2) is 11.6 Å². The summed E-state index contributed by atoms with van der Waals surface area (Å²) < 4.78 is 35.5. The van der Waals surface area contributed by atoms with Crippen molar-refractivity contribution in [3.05, 3.63) is 29.8 Å². The fourth-order valence-corrected chi connectivity index (χ4v) is 4.15. The Kier molecular flexibility index (Phi) is 4.81. The number of halogens is 2. The molecule has 0 aliphatic carbocycles. The van der Waals surface area contributed by atoms with Gasteiger partial charge < -0.3 is 15.0 Å². The Morgan fingerprint density at radius 1 is 1.28 bits per heavy atom. The molecule has 0 radical (unpaired) electrons. The molecule has 0 saturated carbocycles. The minimum atomic E-state index is -3.19. The molecule has 168 valence electrons. The van der Waals surface area contributed by atoms with Gasteiger partial charge in [-0.3, -0.25) is 4.79 Å². The fraction of sp³-hybridized carbons (Fsp3) is 0.476. The zero-order valence-corrected chi connectivity index (χ0v) is 18.0. The molecule has 0 spiro atoms. The van der Waals surface area contributed by atoms with E-state index < -0.39 is 11.7 Å². The summed E-state index contributed by atoms with van der Waals surface area (Å²) >= 11 is 0. The van der Waals surface area contributed by atoms with Gasteiger partial charge in [-0.05, 0) is 6.42 Å². The van der Waals surface area contributed by atoms with Crippen LogP contribution in [0.1, 0.15) is 38.7 Å². The molecule has 1 N–H and O–H groups in total. The maximum absolute atomic E-state index is 14.1. The minimum Gasteiger partial charge on any atom is -0.371 e. The van der Waals surface area contributed by atoms with Crippen molar-refractivity contribution in [2.75, 3.05) is 23.3 Å². The Hall–Kier alpha value is -3.21. The van der Waals surface area contributed by atoms with E-state index in [0.29, 0.717) is 42.4 Å². The molecule has 1 amide bonds. The van der Waals surface area contributed by atoms with Gasteiger partial charge in [0.05, 0.1) is 23.1 Å². The highest BCUT2D eigenvalue weighted by atomic mass is 19.3. The number of hydrogen-bond donors (Lipinski definition) is 1. The fourth-order valence-electron chi connectivity index (χ4n) is 4.15. The monoisotopic (exact) mass is 443 g/mol. The van der Waals surface area contributed by atoms with E-state index >= 15 is 0 Å². The number of carbonyl (C=O) groups excluding carboxylic acids is 1. The molecule has 0 aromatic carbocycles. The maximum Gasteiger partial charge on any atom is 0.303 e. The van der Waals surface area contributed by atoms with Crippen LogP contribution in [0.15, 0.2) is 18.3 Å². The summed E-state index contributed by atoms with van der Waals surface area (Å²) in [6.07, 6.45) is 3.46. The standard InChI is InChI=1S/C21H23F2N7O2/c1-4-12-5-18(27-20(26-12)21(3,22)23)30-16-7-17(25-11(2)31)24-8-15(16)19(28-30)29-9-13-6-14(10-29)32-13/h5,7-8,13-14H,4,6,9-10H2,1-3H3,(H,24,25,31). The molecule has 3 fully saturated rings. The van der Waals surface area contributed by atoms with Crippen LogP contribution in [0.2, 0.25) is 0 Å². The first-order valence-electron chi connectivity index (χ1n) is 10.5. The lowest BCUT2D eigenvalue weighted by atomic mass is 9.99. The van der Waals surface area contributed by atoms with Gasteiger partial charge in [0.1, 0.15) is 5.82 Å². The molecule has 3 aliphatic rings. The number of ether oxygens (including phenoxy) is 1. The summed E-state index contributed by atoms with van der Waals surface area (Å²) in [4.78, 5) is 26.1. The first-order valence-corrected chi connectivity index (χ1v) is 10.5. The van der Waals surface area contributed by atoms with Crippen molar-refractivity contribution >= 4 is 28.4 Å². The van der Waals surface area contributed by atoms with Crippen molar-refractivity contribution < 1.29 is 18.3 Å². The molecule has 2 bridgehead atoms. The second kappa shape index (κ2) is 7.44. The number of rotatable bonds is 5. The molecule has 3 aromatic rings. The van der Waals surface area contributed by atoms with Gasteiger partial charge in [-0.15, -0.1) is 5.10 Å². The Balaban J connectivity index is 1.68. The summed E-state index contributed by atoms with van der Waals surface area (Å²) in [5.74, 6) is -2.75. The molecular weight excluding hydrogens is 420 g/mol. The SMILES string of the molecule is CCc1cc(-n2nc(N3CC4CC(C3)O4)c3cnc(NC(C)=O)cc32)nc(C(C)(F)F)n1. The summed E-state index contributed by atoms with van der Waals surface area (Å²) in [7, 11) is 0. The van der Waals surface area contributed by atoms with Crippen LogP contribution in [0.5, 0.6) is 0 Å². The van der Waals surface area contributed by atoms with E-state index in [1.54, 1.807) is 18.3 Å². The summed E-state index contributed by atoms with van der Waals surface area (Å²) in [5.41, 5.74) is 1.09. The maximum atomic E-state index is 14.1. The first kappa shape index (κ1) is 20.7. The first-order chi connectivity index (χ1) is 15.2. The highest BCUT2D eigenvalue weighted by molar-refractivity contribution is 5.95. The zero-order valence-electron chi connectivity index (χ0n) is 18.0. The summed E-state index contributed by atoms with van der Waals surface area (Å²) in [5, 5.41) is 8.15. The Labute approximate surface area is 182 Å². The van der Waals surface area contributed by atoms with E-state index in [-0.39, 0.29) is 23.9 Å². The van der Waals surface area contributed by atoms with Gasteiger partial charge in [-0.25, -0.2) is 19.6 Å². The van der Waals surface area contributed by atoms with Gasteiger partial charge in [-0.1, -0.05) is 6.92 Å². The molecule has 2 unspecified atom stereocenters. The molecule has 9 nitrogen and oxygen atoms in total. The number of anilines is 2. The summed E-state index contributed by atoms with van der Waals surface area (Å²) in [6.45, 7) is 5.39. The van der Waals surface area contributed by atoms with Gasteiger partial charge in [0.25, 0.3) is 0 Å². The van der Waals surface area contributed by atoms with Crippen molar-refractivity contribution in [1.29, 1.82) is 0 Å². The molecule has 6 rings (SSSR count). The second-order valence-electron chi connectivity index (χ2n) is 8.31. The van der Waals surface area contributed by atoms with Crippen LogP contribution in [0, 0.1) is 0 Å². The third-order valence-electron chi connectivity index (χ3n) is 5.65. The molecule has 3 aromatic heterocycles. The van der Waals surface area contributed by atoms with Crippen molar-refractivity contribution in [3.8, 4) is 5.82 Å². The third kappa shape index (κ3) is 3.66. The van der Waals surface area contributed by atoms with Crippen molar-refractivity contribution in [2.24, 2.45) is 0 Å². The average Bonchev–Trinajstić information content (AvgIpc) is 3.11. The number of aryl methyl sites for hydroxylation is 1. The highest BCUT2D eigenvalue weighted by Gasteiger charge is 2.40. The number of hydrogen-bond acceptors (Lipinski definition) is 7. The van der Waals surface area contributed by atoms with Crippen LogP contribution in [-0.4, -0.2) is 55.9 Å². The largest absolute Gasteiger partial charge is 0.371 e. The number of fused-ring (bicyclic) bond motifs is 3. The predicted molar refractivity (Wildman–Crippen MR) is 113 cm³/mol. The van der Waals surface area contributed by atoms with Crippen LogP contribution in [0.3, 0.4) is 0 Å². The van der Waals surface area contributed by atoms with Crippen LogP contribution >= 0.6 is 0 Å². The highest BCUT2D eigenvalue weighted by Crippen LogP contribution is 2.36. The molecule has 32 heavy (non-hydrogen) atoms. The Morgan fingerprint density at radius 2 is 2.00 bits per heavy atom. The van der Waals surface area contributed by atoms with Crippen LogP contribution in [-0.2, 0) is 21.9 Å². The molecule has 2 atom stereocenters. The predicted octanol–water partition coefficient (Wildman–Crippen LogP) is 2.82. The van der Waals surface area contributed by atoms with E-state index in [0.717, 1.165) is 18.7 Å². The topological polar surface area (TPSA) is 98.1 Å². The lowest BCUT2D eigenvalue weighted by Gasteiger charge is -2.47. The summed E-state index contributed by atoms with van der Waals surface area (Å²) in [6, 6.07) is 3.33. The number of nitrogens with one attached hydrogen (secondary N) is 1. The number of nitrogens with zero attached hydrogens (tertiary/aromatic N) is 6. The molecule has 3 aliphatic heterocycles. The number of pyridine rings is 1. The van der Waals surface area contributed by atoms with E-state index in [9.17, 15) is 13.6 Å². The van der Waals surface area contributed by atoms with E-state index in [1.165, 1.54) is 11.6 Å². The van der Waals surface area contributed by atoms with Gasteiger partial charge in [0.2, 0.25) is 11.7 Å². The lowest BCUT2D eigenvalue weighted by Crippen LogP contribution is -2.57. The quantitative estimate of drug-likeness (QED) is 0.648. The number of morpholine rings is 1. The van der Waals surface area contributed by atoms with Crippen LogP contribution in [0.25, 0.3) is 16.7 Å². The minimum absolute atomic E-state index is 0.164. The average molecular weight is 443 g/mol. The molecule has 6 heterocycles. The number of piperidine rings is 1. The van der Waals surface area contributed by atoms with Crippen LogP contribution in [0.4, 0.5) is 20.4 Å². The third-order valence-corrected chi connectivity index (χ3v) is 5.65. The molecular formula is C21H23F2N7O2. The van der Waals surface area contributed by atoms with Gasteiger partial charge in [-0.2, -0.15) is 8.78 Å². The van der Waals surface area contributed by atoms with Crippen molar-refractivity contribution in [3.63, 3.8) is 0 Å².